The van der Waals surface area contributed by atoms with E-state index in [0.29, 0.717) is 53.8 Å². The molecule has 22 bridgehead atoms. The number of esters is 7. The smallest absolute Gasteiger partial charge is 0.347 e. The molecule has 128 heavy (non-hydrogen) atoms. The van der Waals surface area contributed by atoms with Gasteiger partial charge in [-0.05, 0) is 434 Å². The number of fused-ring (bicyclic) bond motifs is 38. The molecule has 44 unspecified atom stereocenters. The lowest BCUT2D eigenvalue weighted by molar-refractivity contribution is -0.209. The molecule has 738 valence electrons. The van der Waals surface area contributed by atoms with Crippen molar-refractivity contribution in [2.45, 2.75) is 389 Å². The number of hydrogen-bond acceptors (Lipinski definition) is 15. The molecule has 2 aliphatic heterocycles. The molecule has 24 rings (SSSR count). The van der Waals surface area contributed by atoms with Crippen LogP contribution < -0.4 is 0 Å². The maximum atomic E-state index is 13.6. The maximum Gasteiger partial charge on any atom is 0.347 e. The summed E-state index contributed by atoms with van der Waals surface area (Å²) in [6.07, 6.45) is 25.6. The molecular formula is C113H196O15. The highest BCUT2D eigenvalue weighted by Gasteiger charge is 2.73. The largest absolute Gasteiger partial charge is 0.463 e. The Balaban J connectivity index is 0.000000178. The van der Waals surface area contributed by atoms with Crippen molar-refractivity contribution in [3.05, 3.63) is 0 Å². The van der Waals surface area contributed by atoms with Crippen molar-refractivity contribution in [3.63, 3.8) is 0 Å². The lowest BCUT2D eigenvalue weighted by Crippen LogP contribution is -2.58. The van der Waals surface area contributed by atoms with Crippen molar-refractivity contribution in [3.8, 4) is 0 Å². The molecule has 0 amide bonds. The molecule has 2 saturated heterocycles. The molecule has 24 fully saturated rings. The Bertz CT molecular complexity index is 3720. The molecule has 0 N–H and O–H groups in total. The third-order valence-corrected chi connectivity index (χ3v) is 42.0. The Morgan fingerprint density at radius 1 is 0.305 bits per heavy atom. The van der Waals surface area contributed by atoms with Crippen LogP contribution in [0.3, 0.4) is 0 Å². The van der Waals surface area contributed by atoms with E-state index in [0.717, 1.165) is 236 Å². The number of rotatable bonds is 9. The minimum Gasteiger partial charge on any atom is -0.463 e. The van der Waals surface area contributed by atoms with Crippen LogP contribution >= 0.6 is 0 Å². The summed E-state index contributed by atoms with van der Waals surface area (Å²) in [4.78, 5) is 88.7. The molecule has 24 aliphatic rings. The van der Waals surface area contributed by atoms with Gasteiger partial charge < -0.3 is 37.9 Å². The van der Waals surface area contributed by atoms with Gasteiger partial charge >= 0.3 is 41.8 Å². The summed E-state index contributed by atoms with van der Waals surface area (Å²) >= 11 is 0. The second-order valence-electron chi connectivity index (χ2n) is 49.7. The molecular weight excluding hydrogens is 1600 g/mol. The van der Waals surface area contributed by atoms with Crippen molar-refractivity contribution < 1.29 is 71.5 Å². The first-order valence-electron chi connectivity index (χ1n) is 49.8. The molecule has 0 aromatic rings. The second kappa shape index (κ2) is 39.0. The Labute approximate surface area is 783 Å². The summed E-state index contributed by atoms with van der Waals surface area (Å²) in [6, 6.07) is 0. The van der Waals surface area contributed by atoms with Crippen LogP contribution in [-0.2, 0) is 71.5 Å². The molecule has 22 saturated carbocycles. The van der Waals surface area contributed by atoms with E-state index in [1.807, 2.05) is 62.3 Å². The van der Waals surface area contributed by atoms with Crippen LogP contribution in [0, 0.1) is 272 Å². The summed E-state index contributed by atoms with van der Waals surface area (Å²) in [6.45, 7) is 44.8. The molecule has 0 spiro atoms. The Kier molecular flexibility index (Phi) is 32.9. The van der Waals surface area contributed by atoms with Gasteiger partial charge in [0.15, 0.2) is 0 Å². The molecule has 2 heterocycles. The number of ether oxygens (including phenoxy) is 8. The summed E-state index contributed by atoms with van der Waals surface area (Å²) in [5, 5.41) is 0. The quantitative estimate of drug-likeness (QED) is 0.120. The summed E-state index contributed by atoms with van der Waals surface area (Å²) in [5.74, 6) is 30.7. The molecule has 44 atom stereocenters. The van der Waals surface area contributed by atoms with E-state index in [-0.39, 0.29) is 169 Å². The van der Waals surface area contributed by atoms with E-state index in [1.165, 1.54) is 83.5 Å². The van der Waals surface area contributed by atoms with Gasteiger partial charge in [-0.3, -0.25) is 28.8 Å². The first-order chi connectivity index (χ1) is 55.7. The SMILES string of the molecule is C.C.C.C.C.C.C.C.C.C.CC1C(C)C2CC1C(C(=O)OC1CCOC1=O)C2C(=O)OC(C)(C)C.CC1C(C)C2CC1C1C3CC(C(=O)OC(C)(C)C)C(C3)C21.CC1C(C)C2CC1C1C3CC(C(=O)OC(C)(C)C)C(C3)C21.CC1C(C)C2CC1C1C3CC(C(=O)OC4(C)C5CC6CC(C5)CC4C6)C(C3)C21.CC1C(C)C2CC1C1C3CC(C(=O)OC4CCCCO4)C(C3)C21. The van der Waals surface area contributed by atoms with Crippen LogP contribution in [0.25, 0.3) is 0 Å². The van der Waals surface area contributed by atoms with Gasteiger partial charge in [-0.25, -0.2) is 4.79 Å². The normalized spacial score (nSPS) is 50.0. The number of carbonyl (C=O) groups is 7. The van der Waals surface area contributed by atoms with Gasteiger partial charge in [-0.2, -0.15) is 0 Å². The van der Waals surface area contributed by atoms with E-state index in [4.69, 9.17) is 37.9 Å². The highest BCUT2D eigenvalue weighted by molar-refractivity contribution is 5.87. The topological polar surface area (TPSA) is 193 Å². The number of hydrogen-bond donors (Lipinski definition) is 0. The first kappa shape index (κ1) is 108. The third-order valence-electron chi connectivity index (χ3n) is 42.0. The van der Waals surface area contributed by atoms with Crippen molar-refractivity contribution in [2.24, 2.45) is 272 Å². The fourth-order valence-corrected chi connectivity index (χ4v) is 37.2. The molecule has 22 aliphatic carbocycles. The first-order valence-corrected chi connectivity index (χ1v) is 49.8. The molecule has 0 aromatic carbocycles. The molecule has 0 aromatic heterocycles. The van der Waals surface area contributed by atoms with Crippen LogP contribution in [0.4, 0.5) is 0 Å². The van der Waals surface area contributed by atoms with Crippen molar-refractivity contribution in [1.82, 2.24) is 0 Å². The number of cyclic esters (lactones) is 1. The average Bonchev–Trinajstić information content (AvgIpc) is 1.48. The molecule has 15 heteroatoms. The van der Waals surface area contributed by atoms with Crippen LogP contribution in [0.5, 0.6) is 0 Å². The van der Waals surface area contributed by atoms with Gasteiger partial charge in [-0.15, -0.1) is 0 Å². The van der Waals surface area contributed by atoms with E-state index in [1.54, 1.807) is 0 Å². The predicted molar refractivity (Wildman–Crippen MR) is 515 cm³/mol. The molecule has 0 radical (unpaired) electrons. The summed E-state index contributed by atoms with van der Waals surface area (Å²) < 4.78 is 45.3. The fourth-order valence-electron chi connectivity index (χ4n) is 37.2. The van der Waals surface area contributed by atoms with Gasteiger partial charge in [0.1, 0.15) is 22.4 Å². The van der Waals surface area contributed by atoms with E-state index >= 15 is 0 Å². The monoisotopic (exact) mass is 1790 g/mol. The number of carbonyl (C=O) groups excluding carboxylic acids is 7. The lowest BCUT2D eigenvalue weighted by atomic mass is 9.50. The van der Waals surface area contributed by atoms with Crippen LogP contribution in [0.1, 0.15) is 354 Å². The highest BCUT2D eigenvalue weighted by Crippen LogP contribution is 2.77. The van der Waals surface area contributed by atoms with Gasteiger partial charge in [0.05, 0.1) is 48.7 Å². The van der Waals surface area contributed by atoms with Crippen LogP contribution in [0.15, 0.2) is 0 Å². The van der Waals surface area contributed by atoms with E-state index < -0.39 is 35.5 Å². The zero-order valence-corrected chi connectivity index (χ0v) is 76.3. The Morgan fingerprint density at radius 2 is 0.602 bits per heavy atom. The van der Waals surface area contributed by atoms with Crippen LogP contribution in [0.2, 0.25) is 0 Å². The minimum absolute atomic E-state index is 0. The van der Waals surface area contributed by atoms with Crippen molar-refractivity contribution in [1.29, 1.82) is 0 Å². The molecule has 15 nitrogen and oxygen atoms in total. The third kappa shape index (κ3) is 17.7. The predicted octanol–water partition coefficient (Wildman–Crippen LogP) is 26.4. The standard InChI is InChI=1S/C26H38O2.C20H30O3.C19H28O6.2C19H30O2.10CH4/c1-12-13(2)20-11-19(12)23-16-9-21(24(20)23)22(10-16)25(27)28-26(3)17-5-14-4-15(7-17)8-18(26)6-14;1-10-11(2)14-9-13(10)18-12-7-15(19(14)18)16(8-12)20(21)23-17-5-3-4-6-22-17;1-9-10(2)12-8-11(9)14(15(12)18(22)25-19(3,4)5)17(21)24-13-6-7-23-16(13)20;2*1-9-10(2)13-8-12(9)16-11-6-14(17(13)16)15(7-11)18(20)21-19(3,4)5;;;;;;;;;;/h12-24H,4-11H2,1-3H3;10-19H,3-9H2,1-2H3;9-15H,6-8H2,1-5H3;2*9-17H,6-8H2,1-5H3;10*1H4. The minimum atomic E-state index is -0.835. The second-order valence-corrected chi connectivity index (χ2v) is 49.7. The van der Waals surface area contributed by atoms with Gasteiger partial charge in [0, 0.05) is 12.8 Å². The highest BCUT2D eigenvalue weighted by atomic mass is 16.7. The fraction of sp³-hybridized carbons (Fsp3) is 0.938. The summed E-state index contributed by atoms with van der Waals surface area (Å²) in [7, 11) is 0. The zero-order chi connectivity index (χ0) is 83.4. The van der Waals surface area contributed by atoms with E-state index in [2.05, 4.69) is 76.2 Å². The van der Waals surface area contributed by atoms with E-state index in [9.17, 15) is 33.6 Å². The Hall–Kier alpha value is -3.75. The average molecular weight is 1790 g/mol. The zero-order valence-electron chi connectivity index (χ0n) is 76.3. The lowest BCUT2D eigenvalue weighted by Gasteiger charge is -2.59. The summed E-state index contributed by atoms with van der Waals surface area (Å²) in [5.41, 5.74) is -1.41. The van der Waals surface area contributed by atoms with Gasteiger partial charge in [0.2, 0.25) is 12.4 Å². The van der Waals surface area contributed by atoms with Crippen molar-refractivity contribution in [2.75, 3.05) is 13.2 Å². The van der Waals surface area contributed by atoms with Crippen molar-refractivity contribution >= 4 is 41.8 Å². The maximum absolute atomic E-state index is 13.6. The van der Waals surface area contributed by atoms with Crippen LogP contribution in [-0.4, -0.2) is 89.8 Å². The Morgan fingerprint density at radius 3 is 0.914 bits per heavy atom. The van der Waals surface area contributed by atoms with Gasteiger partial charge in [0.25, 0.3) is 0 Å². The van der Waals surface area contributed by atoms with Gasteiger partial charge in [-0.1, -0.05) is 144 Å².